The number of carbonyl (C=O) groups excluding carboxylic acids is 1. The van der Waals surface area contributed by atoms with Gasteiger partial charge in [-0.25, -0.2) is 4.79 Å². The first-order valence-electron chi connectivity index (χ1n) is 8.34. The van der Waals surface area contributed by atoms with Crippen molar-refractivity contribution in [3.05, 3.63) is 69.7 Å². The molecule has 2 atom stereocenters. The zero-order valence-corrected chi connectivity index (χ0v) is 16.2. The van der Waals surface area contributed by atoms with Gasteiger partial charge in [-0.3, -0.25) is 4.79 Å². The van der Waals surface area contributed by atoms with Gasteiger partial charge in [-0.15, -0.1) is 0 Å². The van der Waals surface area contributed by atoms with Gasteiger partial charge in [0.05, 0.1) is 6.04 Å². The van der Waals surface area contributed by atoms with E-state index in [1.807, 2.05) is 36.4 Å². The summed E-state index contributed by atoms with van der Waals surface area (Å²) < 4.78 is 0.818. The average Bonchev–Trinajstić information content (AvgIpc) is 2.60. The second-order valence-corrected chi connectivity index (χ2v) is 7.30. The zero-order valence-electron chi connectivity index (χ0n) is 14.6. The van der Waals surface area contributed by atoms with Crippen molar-refractivity contribution in [1.82, 2.24) is 5.32 Å². The first kappa shape index (κ1) is 20.1. The van der Waals surface area contributed by atoms with E-state index in [9.17, 15) is 14.7 Å². The van der Waals surface area contributed by atoms with Crippen molar-refractivity contribution in [2.45, 2.75) is 38.3 Å². The maximum atomic E-state index is 12.6. The first-order chi connectivity index (χ1) is 12.3. The molecule has 0 aliphatic carbocycles. The van der Waals surface area contributed by atoms with Crippen molar-refractivity contribution in [3.63, 3.8) is 0 Å². The van der Waals surface area contributed by atoms with Crippen molar-refractivity contribution >= 4 is 27.8 Å². The Kier molecular flexibility index (Phi) is 6.94. The maximum Gasteiger partial charge on any atom is 0.334 e. The molecule has 0 saturated heterocycles. The zero-order chi connectivity index (χ0) is 19.3. The highest BCUT2D eigenvalue weighted by Gasteiger charge is 2.28. The Morgan fingerprint density at radius 3 is 2.31 bits per heavy atom. The summed E-state index contributed by atoms with van der Waals surface area (Å²) in [5.41, 5.74) is 2.30. The van der Waals surface area contributed by atoms with E-state index < -0.39 is 24.0 Å². The van der Waals surface area contributed by atoms with Crippen LogP contribution in [0, 0.1) is 0 Å². The second-order valence-electron chi connectivity index (χ2n) is 6.44. The van der Waals surface area contributed by atoms with Crippen LogP contribution in [0.1, 0.15) is 41.3 Å². The lowest BCUT2D eigenvalue weighted by Gasteiger charge is -2.22. The predicted octanol–water partition coefficient (Wildman–Crippen LogP) is 3.36. The number of hydrogen-bond acceptors (Lipinski definition) is 3. The van der Waals surface area contributed by atoms with Crippen molar-refractivity contribution in [2.24, 2.45) is 0 Å². The number of aliphatic carboxylic acids is 1. The normalized spacial score (nSPS) is 13.3. The number of aliphatic hydroxyl groups is 1. The molecule has 2 aromatic rings. The highest BCUT2D eigenvalue weighted by molar-refractivity contribution is 9.10. The van der Waals surface area contributed by atoms with Crippen LogP contribution < -0.4 is 5.32 Å². The van der Waals surface area contributed by atoms with E-state index >= 15 is 0 Å². The molecule has 0 aliphatic heterocycles. The molecule has 0 aromatic heterocycles. The molecule has 0 fully saturated rings. The van der Waals surface area contributed by atoms with E-state index in [2.05, 4.69) is 35.1 Å². The van der Waals surface area contributed by atoms with Crippen molar-refractivity contribution in [1.29, 1.82) is 0 Å². The second kappa shape index (κ2) is 8.96. The molecular formula is C20H22BrNO4. The van der Waals surface area contributed by atoms with Crippen LogP contribution in [0.2, 0.25) is 0 Å². The number of amides is 1. The van der Waals surface area contributed by atoms with Gasteiger partial charge in [0.25, 0.3) is 5.91 Å². The SMILES string of the molecule is CC(C)c1ccc(C(=O)N[C@H](Cc2ccccc2)[C@@H](O)C(=O)O)cc1Br. The number of nitrogens with one attached hydrogen (secondary N) is 1. The fraction of sp³-hybridized carbons (Fsp3) is 0.300. The minimum atomic E-state index is -1.70. The molecule has 0 unspecified atom stereocenters. The van der Waals surface area contributed by atoms with Gasteiger partial charge in [0.2, 0.25) is 0 Å². The number of carboxylic acid groups (broad SMARTS) is 1. The molecule has 6 heteroatoms. The molecule has 0 saturated carbocycles. The Morgan fingerprint density at radius 1 is 1.12 bits per heavy atom. The van der Waals surface area contributed by atoms with E-state index in [1.54, 1.807) is 12.1 Å². The number of benzene rings is 2. The number of carbonyl (C=O) groups is 2. The number of halogens is 1. The van der Waals surface area contributed by atoms with Crippen LogP contribution in [0.25, 0.3) is 0 Å². The van der Waals surface area contributed by atoms with Crippen LogP contribution in [0.3, 0.4) is 0 Å². The van der Waals surface area contributed by atoms with E-state index in [4.69, 9.17) is 5.11 Å². The minimum Gasteiger partial charge on any atom is -0.479 e. The topological polar surface area (TPSA) is 86.6 Å². The van der Waals surface area contributed by atoms with Crippen molar-refractivity contribution in [2.75, 3.05) is 0 Å². The molecule has 5 nitrogen and oxygen atoms in total. The van der Waals surface area contributed by atoms with E-state index in [0.717, 1.165) is 15.6 Å². The summed E-state index contributed by atoms with van der Waals surface area (Å²) in [5, 5.41) is 21.8. The summed E-state index contributed by atoms with van der Waals surface area (Å²) in [4.78, 5) is 23.8. The van der Waals surface area contributed by atoms with E-state index in [-0.39, 0.29) is 6.42 Å². The summed E-state index contributed by atoms with van der Waals surface area (Å²) in [6.45, 7) is 4.11. The third kappa shape index (κ3) is 5.16. The van der Waals surface area contributed by atoms with Crippen LogP contribution in [0.15, 0.2) is 53.0 Å². The smallest absolute Gasteiger partial charge is 0.334 e. The number of hydrogen-bond donors (Lipinski definition) is 3. The van der Waals surface area contributed by atoms with E-state index in [0.29, 0.717) is 11.5 Å². The molecule has 0 radical (unpaired) electrons. The fourth-order valence-electron chi connectivity index (χ4n) is 2.67. The number of rotatable bonds is 7. The summed E-state index contributed by atoms with van der Waals surface area (Å²) in [6, 6.07) is 13.5. The monoisotopic (exact) mass is 419 g/mol. The first-order valence-corrected chi connectivity index (χ1v) is 9.14. The molecule has 2 rings (SSSR count). The minimum absolute atomic E-state index is 0.214. The van der Waals surface area contributed by atoms with Gasteiger partial charge >= 0.3 is 5.97 Å². The molecule has 26 heavy (non-hydrogen) atoms. The summed E-state index contributed by atoms with van der Waals surface area (Å²) >= 11 is 3.46. The lowest BCUT2D eigenvalue weighted by molar-refractivity contribution is -0.148. The van der Waals surface area contributed by atoms with Gasteiger partial charge in [0.15, 0.2) is 6.10 Å². The Balaban J connectivity index is 2.20. The van der Waals surface area contributed by atoms with Gasteiger partial charge in [0.1, 0.15) is 0 Å². The summed E-state index contributed by atoms with van der Waals surface area (Å²) in [6.07, 6.45) is -1.48. The van der Waals surface area contributed by atoms with Crippen LogP contribution in [-0.4, -0.2) is 34.2 Å². The largest absolute Gasteiger partial charge is 0.479 e. The molecule has 138 valence electrons. The standard InChI is InChI=1S/C20H22BrNO4/c1-12(2)15-9-8-14(11-16(15)21)19(24)22-17(18(23)20(25)26)10-13-6-4-3-5-7-13/h3-9,11-12,17-18,23H,10H2,1-2H3,(H,22,24)(H,25,26)/t17-,18-/m1/s1. The third-order valence-electron chi connectivity index (χ3n) is 4.13. The highest BCUT2D eigenvalue weighted by Crippen LogP contribution is 2.25. The number of aliphatic hydroxyl groups excluding tert-OH is 1. The van der Waals surface area contributed by atoms with Gasteiger partial charge < -0.3 is 15.5 Å². The Bertz CT molecular complexity index is 777. The van der Waals surface area contributed by atoms with Gasteiger partial charge in [-0.2, -0.15) is 0 Å². The molecule has 0 aliphatic rings. The summed E-state index contributed by atoms with van der Waals surface area (Å²) in [7, 11) is 0. The van der Waals surface area contributed by atoms with Crippen LogP contribution in [-0.2, 0) is 11.2 Å². The summed E-state index contributed by atoms with van der Waals surface area (Å²) in [5.74, 6) is -1.49. The Morgan fingerprint density at radius 2 is 1.77 bits per heavy atom. The Hall–Kier alpha value is -2.18. The molecular weight excluding hydrogens is 398 g/mol. The molecule has 0 heterocycles. The quantitative estimate of drug-likeness (QED) is 0.641. The maximum absolute atomic E-state index is 12.6. The van der Waals surface area contributed by atoms with E-state index in [1.165, 1.54) is 0 Å². The van der Waals surface area contributed by atoms with Gasteiger partial charge in [0, 0.05) is 10.0 Å². The molecule has 3 N–H and O–H groups in total. The van der Waals surface area contributed by atoms with Crippen LogP contribution in [0.4, 0.5) is 0 Å². The molecule has 2 aromatic carbocycles. The molecule has 0 spiro atoms. The van der Waals surface area contributed by atoms with Gasteiger partial charge in [-0.1, -0.05) is 66.2 Å². The predicted molar refractivity (Wildman–Crippen MR) is 103 cm³/mol. The average molecular weight is 420 g/mol. The lowest BCUT2D eigenvalue weighted by atomic mass is 9.99. The van der Waals surface area contributed by atoms with Crippen molar-refractivity contribution in [3.8, 4) is 0 Å². The number of carboxylic acids is 1. The third-order valence-corrected chi connectivity index (χ3v) is 4.82. The van der Waals surface area contributed by atoms with Gasteiger partial charge in [-0.05, 0) is 35.6 Å². The van der Waals surface area contributed by atoms with Crippen LogP contribution >= 0.6 is 15.9 Å². The molecule has 0 bridgehead atoms. The highest BCUT2D eigenvalue weighted by atomic mass is 79.9. The molecule has 1 amide bonds. The fourth-order valence-corrected chi connectivity index (χ4v) is 3.51. The van der Waals surface area contributed by atoms with Crippen molar-refractivity contribution < 1.29 is 19.8 Å². The Labute approximate surface area is 161 Å². The lowest BCUT2D eigenvalue weighted by Crippen LogP contribution is -2.48. The van der Waals surface area contributed by atoms with Crippen LogP contribution in [0.5, 0.6) is 0 Å².